The van der Waals surface area contributed by atoms with E-state index in [1.807, 2.05) is 44.3 Å². The summed E-state index contributed by atoms with van der Waals surface area (Å²) in [5.74, 6) is 0.283. The standard InChI is InChI=1S/C22H22NO4/c1-14(2)27-18-11-7-15(8-12-18)19-13-23(3)21(22(25)26-4)20(19)16-5-9-17(24)10-6-16/h5-14H,1-4H3. The van der Waals surface area contributed by atoms with Crippen molar-refractivity contribution in [3.63, 3.8) is 0 Å². The molecule has 0 saturated heterocycles. The van der Waals surface area contributed by atoms with Gasteiger partial charge in [-0.25, -0.2) is 4.79 Å². The number of methoxy groups -OCH3 is 1. The van der Waals surface area contributed by atoms with Gasteiger partial charge in [0.25, 0.3) is 0 Å². The lowest BCUT2D eigenvalue weighted by Gasteiger charge is -2.11. The first-order valence-electron chi connectivity index (χ1n) is 8.73. The minimum atomic E-state index is -0.426. The summed E-state index contributed by atoms with van der Waals surface area (Å²) >= 11 is 0. The summed E-state index contributed by atoms with van der Waals surface area (Å²) in [6, 6.07) is 14.2. The first-order chi connectivity index (χ1) is 12.9. The van der Waals surface area contributed by atoms with Crippen LogP contribution in [0.3, 0.4) is 0 Å². The lowest BCUT2D eigenvalue weighted by Crippen LogP contribution is -2.08. The zero-order valence-corrected chi connectivity index (χ0v) is 15.9. The summed E-state index contributed by atoms with van der Waals surface area (Å²) in [6.07, 6.45) is 1.99. The molecule has 0 aliphatic heterocycles. The molecule has 0 bridgehead atoms. The first-order valence-corrected chi connectivity index (χ1v) is 8.73. The number of rotatable bonds is 5. The van der Waals surface area contributed by atoms with E-state index in [0.29, 0.717) is 5.69 Å². The van der Waals surface area contributed by atoms with E-state index in [2.05, 4.69) is 0 Å². The summed E-state index contributed by atoms with van der Waals surface area (Å²) in [7, 11) is 3.16. The van der Waals surface area contributed by atoms with Crippen molar-refractivity contribution in [1.29, 1.82) is 0 Å². The van der Waals surface area contributed by atoms with Crippen molar-refractivity contribution in [3.05, 3.63) is 60.4 Å². The van der Waals surface area contributed by atoms with Gasteiger partial charge in [-0.1, -0.05) is 24.3 Å². The number of hydrogen-bond donors (Lipinski definition) is 0. The van der Waals surface area contributed by atoms with Gasteiger partial charge in [-0.2, -0.15) is 0 Å². The highest BCUT2D eigenvalue weighted by atomic mass is 16.5. The molecule has 0 fully saturated rings. The van der Waals surface area contributed by atoms with Crippen LogP contribution in [0.25, 0.3) is 22.3 Å². The van der Waals surface area contributed by atoms with E-state index in [4.69, 9.17) is 9.47 Å². The van der Waals surface area contributed by atoms with Gasteiger partial charge in [0.05, 0.1) is 13.2 Å². The molecule has 5 heteroatoms. The Labute approximate surface area is 158 Å². The zero-order valence-electron chi connectivity index (χ0n) is 15.9. The molecule has 139 valence electrons. The number of aryl methyl sites for hydroxylation is 1. The van der Waals surface area contributed by atoms with Crippen molar-refractivity contribution in [3.8, 4) is 33.8 Å². The Hall–Kier alpha value is -3.21. The van der Waals surface area contributed by atoms with Gasteiger partial charge < -0.3 is 14.0 Å². The van der Waals surface area contributed by atoms with Crippen LogP contribution < -0.4 is 4.74 Å². The monoisotopic (exact) mass is 364 g/mol. The predicted molar refractivity (Wildman–Crippen MR) is 104 cm³/mol. The molecule has 0 atom stereocenters. The van der Waals surface area contributed by atoms with E-state index in [9.17, 15) is 9.90 Å². The van der Waals surface area contributed by atoms with Crippen molar-refractivity contribution < 1.29 is 19.4 Å². The van der Waals surface area contributed by atoms with Crippen molar-refractivity contribution in [2.45, 2.75) is 20.0 Å². The average Bonchev–Trinajstić information content (AvgIpc) is 2.99. The molecule has 0 N–H and O–H groups in total. The van der Waals surface area contributed by atoms with E-state index < -0.39 is 5.97 Å². The number of aromatic nitrogens is 1. The van der Waals surface area contributed by atoms with Crippen LogP contribution in [0.5, 0.6) is 11.5 Å². The topological polar surface area (TPSA) is 60.4 Å². The maximum absolute atomic E-state index is 12.4. The number of ether oxygens (including phenoxy) is 2. The molecule has 0 aliphatic rings. The third kappa shape index (κ3) is 3.82. The highest BCUT2D eigenvalue weighted by Gasteiger charge is 2.23. The molecule has 2 aromatic carbocycles. The van der Waals surface area contributed by atoms with Crippen LogP contribution in [0.4, 0.5) is 0 Å². The number of hydrogen-bond acceptors (Lipinski definition) is 3. The molecule has 0 spiro atoms. The first kappa shape index (κ1) is 18.6. The van der Waals surface area contributed by atoms with Crippen molar-refractivity contribution in [2.75, 3.05) is 7.11 Å². The Kier molecular flexibility index (Phi) is 5.21. The molecular formula is C22H22NO4. The lowest BCUT2D eigenvalue weighted by molar-refractivity contribution is 0.0591. The van der Waals surface area contributed by atoms with Gasteiger partial charge in [-0.05, 0) is 49.2 Å². The number of benzene rings is 2. The van der Waals surface area contributed by atoms with E-state index >= 15 is 0 Å². The van der Waals surface area contributed by atoms with Crippen LogP contribution in [0, 0.1) is 0 Å². The summed E-state index contributed by atoms with van der Waals surface area (Å²) in [5, 5.41) is 11.5. The van der Waals surface area contributed by atoms with Crippen LogP contribution >= 0.6 is 0 Å². The molecule has 0 amide bonds. The molecule has 0 aliphatic carbocycles. The van der Waals surface area contributed by atoms with Gasteiger partial charge >= 0.3 is 5.97 Å². The number of carbonyl (C=O) groups excluding carboxylic acids is 1. The van der Waals surface area contributed by atoms with E-state index in [1.54, 1.807) is 23.7 Å². The van der Waals surface area contributed by atoms with Gasteiger partial charge in [0, 0.05) is 24.4 Å². The highest BCUT2D eigenvalue weighted by molar-refractivity contribution is 6.01. The normalized spacial score (nSPS) is 10.9. The van der Waals surface area contributed by atoms with Gasteiger partial charge in [-0.15, -0.1) is 0 Å². The van der Waals surface area contributed by atoms with Crippen LogP contribution in [0.15, 0.2) is 54.7 Å². The highest BCUT2D eigenvalue weighted by Crippen LogP contribution is 2.38. The van der Waals surface area contributed by atoms with Crippen LogP contribution in [0.2, 0.25) is 0 Å². The molecule has 3 aromatic rings. The lowest BCUT2D eigenvalue weighted by atomic mass is 9.96. The smallest absolute Gasteiger partial charge is 0.355 e. The summed E-state index contributed by atoms with van der Waals surface area (Å²) in [6.45, 7) is 3.96. The summed E-state index contributed by atoms with van der Waals surface area (Å²) in [4.78, 5) is 12.4. The van der Waals surface area contributed by atoms with E-state index in [1.165, 1.54) is 19.2 Å². The zero-order chi connectivity index (χ0) is 19.6. The molecule has 1 heterocycles. The molecule has 0 saturated carbocycles. The second-order valence-corrected chi connectivity index (χ2v) is 6.58. The predicted octanol–water partition coefficient (Wildman–Crippen LogP) is 5.08. The third-order valence-corrected chi connectivity index (χ3v) is 4.24. The average molecular weight is 364 g/mol. The molecular weight excluding hydrogens is 342 g/mol. The third-order valence-electron chi connectivity index (χ3n) is 4.24. The minimum absolute atomic E-state index is 0.0777. The molecule has 5 nitrogen and oxygen atoms in total. The van der Waals surface area contributed by atoms with Crippen molar-refractivity contribution in [1.82, 2.24) is 4.57 Å². The molecule has 27 heavy (non-hydrogen) atoms. The van der Waals surface area contributed by atoms with Gasteiger partial charge in [-0.3, -0.25) is 5.11 Å². The minimum Gasteiger partial charge on any atom is -0.491 e. The summed E-state index contributed by atoms with van der Waals surface area (Å²) in [5.41, 5.74) is 3.79. The molecule has 0 unspecified atom stereocenters. The quantitative estimate of drug-likeness (QED) is 0.593. The number of nitrogens with zero attached hydrogens (tertiary/aromatic N) is 1. The van der Waals surface area contributed by atoms with Crippen LogP contribution in [0.1, 0.15) is 24.3 Å². The van der Waals surface area contributed by atoms with Gasteiger partial charge in [0.15, 0.2) is 5.75 Å². The van der Waals surface area contributed by atoms with Crippen molar-refractivity contribution >= 4 is 5.97 Å². The Morgan fingerprint density at radius 3 is 2.11 bits per heavy atom. The summed E-state index contributed by atoms with van der Waals surface area (Å²) < 4.78 is 12.4. The fourth-order valence-corrected chi connectivity index (χ4v) is 3.09. The second-order valence-electron chi connectivity index (χ2n) is 6.58. The maximum Gasteiger partial charge on any atom is 0.355 e. The molecule has 1 radical (unpaired) electrons. The fourth-order valence-electron chi connectivity index (χ4n) is 3.09. The molecule has 3 rings (SSSR count). The van der Waals surface area contributed by atoms with E-state index in [0.717, 1.165) is 28.0 Å². The van der Waals surface area contributed by atoms with Crippen LogP contribution in [-0.2, 0) is 16.9 Å². The largest absolute Gasteiger partial charge is 0.491 e. The van der Waals surface area contributed by atoms with Gasteiger partial charge in [0.1, 0.15) is 11.4 Å². The maximum atomic E-state index is 12.4. The Balaban J connectivity index is 2.15. The van der Waals surface area contributed by atoms with Gasteiger partial charge in [0.2, 0.25) is 0 Å². The van der Waals surface area contributed by atoms with Crippen molar-refractivity contribution in [2.24, 2.45) is 7.05 Å². The SMILES string of the molecule is COC(=O)c1c(-c2ccc([O])cc2)c(-c2ccc(OC(C)C)cc2)cn1C. The number of esters is 1. The van der Waals surface area contributed by atoms with E-state index in [-0.39, 0.29) is 11.9 Å². The number of carbonyl (C=O) groups is 1. The molecule has 1 aromatic heterocycles. The van der Waals surface area contributed by atoms with Crippen LogP contribution in [-0.4, -0.2) is 23.8 Å². The Morgan fingerprint density at radius 1 is 0.963 bits per heavy atom. The fraction of sp³-hybridized carbons (Fsp3) is 0.227. The Morgan fingerprint density at radius 2 is 1.56 bits per heavy atom. The second kappa shape index (κ2) is 7.58. The Bertz CT molecular complexity index is 938.